The number of ether oxygens (including phenoxy) is 5. The van der Waals surface area contributed by atoms with Gasteiger partial charge in [0.2, 0.25) is 6.10 Å². The SMILES string of the molecule is O=C(OC[C@H]1O[C@@H](On2nnc3ccccc32)[C@H](OC(=O)c2ccccc2)[C@@H](OC(=O)c2ccccc2)[C@@H]1OC(=O)c1ccccc1)c1ccccc1. The third-order valence-corrected chi connectivity index (χ3v) is 8.26. The van der Waals surface area contributed by atoms with Gasteiger partial charge in [0.15, 0.2) is 12.2 Å². The molecular weight excluding hydrogens is 682 g/mol. The lowest BCUT2D eigenvalue weighted by Gasteiger charge is -2.43. The van der Waals surface area contributed by atoms with Crippen LogP contribution >= 0.6 is 0 Å². The van der Waals surface area contributed by atoms with Gasteiger partial charge in [0, 0.05) is 0 Å². The molecule has 6 aromatic rings. The largest absolute Gasteiger partial charge is 0.459 e. The van der Waals surface area contributed by atoms with Crippen molar-refractivity contribution in [2.75, 3.05) is 6.61 Å². The highest BCUT2D eigenvalue weighted by Crippen LogP contribution is 2.31. The molecule has 53 heavy (non-hydrogen) atoms. The summed E-state index contributed by atoms with van der Waals surface area (Å²) in [6, 6.07) is 39.5. The number of carbonyl (C=O) groups is 4. The maximum Gasteiger partial charge on any atom is 0.338 e. The molecule has 1 fully saturated rings. The number of nitrogens with zero attached hydrogens (tertiary/aromatic N) is 3. The van der Waals surface area contributed by atoms with Gasteiger partial charge < -0.3 is 28.5 Å². The first-order valence-electron chi connectivity index (χ1n) is 16.6. The molecule has 0 radical (unpaired) electrons. The van der Waals surface area contributed by atoms with E-state index in [0.717, 1.165) is 4.85 Å². The maximum atomic E-state index is 13.8. The molecule has 1 aliphatic rings. The van der Waals surface area contributed by atoms with Crippen molar-refractivity contribution in [1.82, 2.24) is 15.2 Å². The van der Waals surface area contributed by atoms with Gasteiger partial charge in [-0.05, 0) is 65.9 Å². The fourth-order valence-corrected chi connectivity index (χ4v) is 5.64. The lowest BCUT2D eigenvalue weighted by atomic mass is 9.97. The van der Waals surface area contributed by atoms with Crippen LogP contribution in [0.5, 0.6) is 0 Å². The highest BCUT2D eigenvalue weighted by molar-refractivity contribution is 5.91. The Morgan fingerprint density at radius 2 is 0.962 bits per heavy atom. The number of hydrogen-bond acceptors (Lipinski definition) is 12. The van der Waals surface area contributed by atoms with Crippen LogP contribution in [0.2, 0.25) is 0 Å². The lowest BCUT2D eigenvalue weighted by molar-refractivity contribution is -0.299. The van der Waals surface area contributed by atoms with Gasteiger partial charge in [0.1, 0.15) is 23.7 Å². The van der Waals surface area contributed by atoms with Crippen LogP contribution in [0.15, 0.2) is 146 Å². The summed E-state index contributed by atoms with van der Waals surface area (Å²) in [6.45, 7) is -0.503. The second-order valence-corrected chi connectivity index (χ2v) is 11.8. The second-order valence-electron chi connectivity index (χ2n) is 11.8. The fourth-order valence-electron chi connectivity index (χ4n) is 5.64. The van der Waals surface area contributed by atoms with Gasteiger partial charge in [-0.15, -0.1) is 5.10 Å². The van der Waals surface area contributed by atoms with Crippen molar-refractivity contribution in [3.8, 4) is 0 Å². The fraction of sp³-hybridized carbons (Fsp3) is 0.150. The molecule has 1 saturated heterocycles. The Labute approximate surface area is 302 Å². The van der Waals surface area contributed by atoms with Crippen molar-refractivity contribution in [1.29, 1.82) is 0 Å². The summed E-state index contributed by atoms with van der Waals surface area (Å²) in [5, 5.41) is 8.21. The third-order valence-electron chi connectivity index (χ3n) is 8.26. The highest BCUT2D eigenvalue weighted by Gasteiger charge is 2.55. The Kier molecular flexibility index (Phi) is 10.4. The van der Waals surface area contributed by atoms with Crippen molar-refractivity contribution in [3.05, 3.63) is 168 Å². The van der Waals surface area contributed by atoms with E-state index in [4.69, 9.17) is 28.5 Å². The van der Waals surface area contributed by atoms with Gasteiger partial charge in [0.05, 0.1) is 22.3 Å². The number of carbonyl (C=O) groups excluding carboxylic acids is 4. The summed E-state index contributed by atoms with van der Waals surface area (Å²) in [5.41, 5.74) is 1.67. The predicted molar refractivity (Wildman–Crippen MR) is 186 cm³/mol. The molecule has 5 aromatic carbocycles. The Hall–Kier alpha value is -6.86. The molecule has 5 atom stereocenters. The first-order chi connectivity index (χ1) is 25.9. The Morgan fingerprint density at radius 3 is 1.49 bits per heavy atom. The van der Waals surface area contributed by atoms with Gasteiger partial charge in [-0.25, -0.2) is 19.2 Å². The second kappa shape index (κ2) is 16.0. The molecule has 0 spiro atoms. The van der Waals surface area contributed by atoms with Gasteiger partial charge >= 0.3 is 23.9 Å². The summed E-state index contributed by atoms with van der Waals surface area (Å²) in [6.07, 6.45) is -7.62. The topological polar surface area (TPSA) is 154 Å². The standard InChI is InChI=1S/C40H31N3O10/c44-36(26-15-5-1-6-16-26)48-25-32-33(50-37(45)27-17-7-2-8-18-27)34(51-38(46)28-19-9-3-10-20-28)35(52-39(47)29-21-11-4-12-22-29)40(49-32)53-43-31-24-14-13-23-30(31)41-42-43/h1-24,32-35,40H,25H2/t32-,33-,34+,35-,40+/m1/s1. The molecule has 2 heterocycles. The molecule has 0 saturated carbocycles. The van der Waals surface area contributed by atoms with Gasteiger partial charge in [-0.1, -0.05) is 89.8 Å². The first kappa shape index (κ1) is 34.6. The monoisotopic (exact) mass is 713 g/mol. The molecule has 13 heteroatoms. The summed E-state index contributed by atoms with van der Waals surface area (Å²) < 4.78 is 30.2. The van der Waals surface area contributed by atoms with Crippen molar-refractivity contribution in [2.24, 2.45) is 0 Å². The molecule has 0 amide bonds. The highest BCUT2D eigenvalue weighted by atomic mass is 16.8. The molecule has 7 rings (SSSR count). The predicted octanol–water partition coefficient (Wildman–Crippen LogP) is 5.12. The van der Waals surface area contributed by atoms with Gasteiger partial charge in [-0.2, -0.15) is 0 Å². The average Bonchev–Trinajstić information content (AvgIpc) is 3.62. The lowest BCUT2D eigenvalue weighted by Crippen LogP contribution is -2.64. The first-order valence-corrected chi connectivity index (χ1v) is 16.6. The van der Waals surface area contributed by atoms with Crippen LogP contribution in [0.3, 0.4) is 0 Å². The Bertz CT molecular complexity index is 2180. The van der Waals surface area contributed by atoms with Crippen molar-refractivity contribution in [3.63, 3.8) is 0 Å². The zero-order valence-electron chi connectivity index (χ0n) is 27.9. The normalized spacial score (nSPS) is 19.4. The van der Waals surface area contributed by atoms with E-state index >= 15 is 0 Å². The van der Waals surface area contributed by atoms with Gasteiger partial charge in [0.25, 0.3) is 6.29 Å². The minimum absolute atomic E-state index is 0.159. The van der Waals surface area contributed by atoms with E-state index in [0.29, 0.717) is 11.0 Å². The van der Waals surface area contributed by atoms with E-state index in [1.165, 1.54) is 36.4 Å². The summed E-state index contributed by atoms with van der Waals surface area (Å²) in [7, 11) is 0. The summed E-state index contributed by atoms with van der Waals surface area (Å²) in [5.74, 6) is -3.16. The van der Waals surface area contributed by atoms with Crippen molar-refractivity contribution < 1.29 is 47.7 Å². The third kappa shape index (κ3) is 8.05. The zero-order chi connectivity index (χ0) is 36.6. The number of rotatable bonds is 11. The molecular formula is C40H31N3O10. The molecule has 1 aromatic heterocycles. The van der Waals surface area contributed by atoms with Crippen molar-refractivity contribution in [2.45, 2.75) is 30.7 Å². The molecule has 13 nitrogen and oxygen atoms in total. The zero-order valence-corrected chi connectivity index (χ0v) is 27.9. The molecule has 0 aliphatic carbocycles. The molecule has 1 aliphatic heterocycles. The Balaban J connectivity index is 1.31. The Morgan fingerprint density at radius 1 is 0.528 bits per heavy atom. The van der Waals surface area contributed by atoms with E-state index in [2.05, 4.69) is 10.3 Å². The number of aromatic nitrogens is 3. The number of para-hydroxylation sites is 1. The molecule has 0 N–H and O–H groups in total. The van der Waals surface area contributed by atoms with E-state index in [1.54, 1.807) is 109 Å². The quantitative estimate of drug-likeness (QED) is 0.129. The minimum atomic E-state index is -1.59. The van der Waals surface area contributed by atoms with E-state index < -0.39 is 61.2 Å². The van der Waals surface area contributed by atoms with Crippen molar-refractivity contribution >= 4 is 34.9 Å². The number of fused-ring (bicyclic) bond motifs is 1. The van der Waals surface area contributed by atoms with Crippen LogP contribution in [0, 0.1) is 0 Å². The van der Waals surface area contributed by atoms with Crippen LogP contribution in [0.25, 0.3) is 11.0 Å². The molecule has 266 valence electrons. The van der Waals surface area contributed by atoms with Crippen LogP contribution in [0.1, 0.15) is 41.4 Å². The van der Waals surface area contributed by atoms with Crippen LogP contribution in [0.4, 0.5) is 0 Å². The number of esters is 4. The number of hydrogen-bond donors (Lipinski definition) is 0. The van der Waals surface area contributed by atoms with Crippen LogP contribution < -0.4 is 4.84 Å². The smallest absolute Gasteiger partial charge is 0.338 e. The minimum Gasteiger partial charge on any atom is -0.459 e. The molecule has 0 bridgehead atoms. The molecule has 0 unspecified atom stereocenters. The summed E-state index contributed by atoms with van der Waals surface area (Å²) in [4.78, 5) is 61.6. The van der Waals surface area contributed by atoms with Gasteiger partial charge in [-0.3, -0.25) is 0 Å². The van der Waals surface area contributed by atoms with E-state index in [9.17, 15) is 19.2 Å². The number of benzene rings is 5. The van der Waals surface area contributed by atoms with E-state index in [1.807, 2.05) is 0 Å². The summed E-state index contributed by atoms with van der Waals surface area (Å²) >= 11 is 0. The average molecular weight is 714 g/mol. The van der Waals surface area contributed by atoms with E-state index in [-0.39, 0.29) is 22.3 Å². The van der Waals surface area contributed by atoms with Crippen LogP contribution in [-0.2, 0) is 23.7 Å². The van der Waals surface area contributed by atoms with Crippen LogP contribution in [-0.4, -0.2) is 76.3 Å². The maximum absolute atomic E-state index is 13.8.